The van der Waals surface area contributed by atoms with E-state index < -0.39 is 10.0 Å². The predicted octanol–water partition coefficient (Wildman–Crippen LogP) is 0.816. The van der Waals surface area contributed by atoms with Gasteiger partial charge >= 0.3 is 0 Å². The summed E-state index contributed by atoms with van der Waals surface area (Å²) in [7, 11) is -3.27. The molecule has 2 aliphatic rings. The number of carbonyl (C=O) groups excluding carboxylic acids is 1. The average Bonchev–Trinajstić information content (AvgIpc) is 3.00. The highest BCUT2D eigenvalue weighted by atomic mass is 32.2. The fourth-order valence-electron chi connectivity index (χ4n) is 3.18. The van der Waals surface area contributed by atoms with Gasteiger partial charge in [-0.2, -0.15) is 5.10 Å². The first-order valence-corrected chi connectivity index (χ1v) is 9.78. The molecule has 0 bridgehead atoms. The van der Waals surface area contributed by atoms with Crippen LogP contribution >= 0.6 is 0 Å². The minimum atomic E-state index is -3.27. The third kappa shape index (κ3) is 3.81. The maximum atomic E-state index is 12.7. The number of fused-ring (bicyclic) bond motifs is 1. The van der Waals surface area contributed by atoms with Crippen LogP contribution in [0.4, 0.5) is 0 Å². The van der Waals surface area contributed by atoms with Crippen molar-refractivity contribution in [2.24, 2.45) is 0 Å². The highest BCUT2D eigenvalue weighted by Crippen LogP contribution is 2.25. The second-order valence-electron chi connectivity index (χ2n) is 6.20. The normalized spacial score (nSPS) is 21.7. The van der Waals surface area contributed by atoms with Crippen LogP contribution in [0.15, 0.2) is 23.9 Å². The zero-order valence-electron chi connectivity index (χ0n) is 13.2. The van der Waals surface area contributed by atoms with E-state index in [4.69, 9.17) is 0 Å². The summed E-state index contributed by atoms with van der Waals surface area (Å²) in [6.07, 6.45) is 8.87. The molecule has 1 atom stereocenters. The molecule has 3 rings (SSSR count). The quantitative estimate of drug-likeness (QED) is 0.881. The number of rotatable bonds is 4. The summed E-state index contributed by atoms with van der Waals surface area (Å²) in [6.45, 7) is 1.22. The van der Waals surface area contributed by atoms with Crippen LogP contribution in [0.5, 0.6) is 0 Å². The number of nitrogens with one attached hydrogen (secondary N) is 1. The lowest BCUT2D eigenvalue weighted by Gasteiger charge is -2.34. The minimum Gasteiger partial charge on any atom is -0.331 e. The second kappa shape index (κ2) is 6.45. The Balaban J connectivity index is 1.77. The summed E-state index contributed by atoms with van der Waals surface area (Å²) < 4.78 is 27.0. The average molecular weight is 338 g/mol. The molecule has 0 saturated heterocycles. The Labute approximate surface area is 136 Å². The lowest BCUT2D eigenvalue weighted by molar-refractivity contribution is -0.129. The summed E-state index contributed by atoms with van der Waals surface area (Å²) in [5, 5.41) is 4.27. The minimum absolute atomic E-state index is 0.0708. The standard InChI is InChI=1S/C15H22N4O3S/c1-23(21,22)17-9-14-11-18(10-13-7-8-16-19(13)14)15(20)12-5-3-2-4-6-12/h5,7-8,14,17H,2-4,6,9-11H2,1H3/t14-/m1/s1. The summed E-state index contributed by atoms with van der Waals surface area (Å²) in [5.41, 5.74) is 1.82. The Hall–Kier alpha value is -1.67. The van der Waals surface area contributed by atoms with Crippen LogP contribution in [0.25, 0.3) is 0 Å². The van der Waals surface area contributed by atoms with Crippen LogP contribution in [0.3, 0.4) is 0 Å². The first-order valence-electron chi connectivity index (χ1n) is 7.89. The van der Waals surface area contributed by atoms with Crippen molar-refractivity contribution in [1.29, 1.82) is 0 Å². The van der Waals surface area contributed by atoms with Crippen LogP contribution in [0.2, 0.25) is 0 Å². The van der Waals surface area contributed by atoms with Gasteiger partial charge in [0.25, 0.3) is 0 Å². The van der Waals surface area contributed by atoms with Crippen molar-refractivity contribution in [3.8, 4) is 0 Å². The summed E-state index contributed by atoms with van der Waals surface area (Å²) >= 11 is 0. The molecule has 0 fully saturated rings. The van der Waals surface area contributed by atoms with Gasteiger partial charge in [0.1, 0.15) is 0 Å². The van der Waals surface area contributed by atoms with E-state index in [1.54, 1.807) is 6.20 Å². The Morgan fingerprint density at radius 3 is 2.96 bits per heavy atom. The van der Waals surface area contributed by atoms with Crippen molar-refractivity contribution in [3.05, 3.63) is 29.6 Å². The molecule has 0 spiro atoms. The first kappa shape index (κ1) is 16.2. The molecule has 0 aromatic carbocycles. The monoisotopic (exact) mass is 338 g/mol. The van der Waals surface area contributed by atoms with Gasteiger partial charge in [-0.05, 0) is 31.7 Å². The van der Waals surface area contributed by atoms with Crippen LogP contribution < -0.4 is 4.72 Å². The summed E-state index contributed by atoms with van der Waals surface area (Å²) in [6, 6.07) is 1.69. The van der Waals surface area contributed by atoms with Gasteiger partial charge in [0.15, 0.2) is 0 Å². The van der Waals surface area contributed by atoms with E-state index in [1.807, 2.05) is 21.7 Å². The van der Waals surface area contributed by atoms with Crippen molar-refractivity contribution in [1.82, 2.24) is 19.4 Å². The van der Waals surface area contributed by atoms with Gasteiger partial charge in [0, 0.05) is 24.9 Å². The smallest absolute Gasteiger partial charge is 0.249 e. The molecular formula is C15H22N4O3S. The van der Waals surface area contributed by atoms with Gasteiger partial charge in [0.05, 0.1) is 24.5 Å². The van der Waals surface area contributed by atoms with Gasteiger partial charge in [-0.25, -0.2) is 13.1 Å². The highest BCUT2D eigenvalue weighted by Gasteiger charge is 2.30. The maximum Gasteiger partial charge on any atom is 0.249 e. The van der Waals surface area contributed by atoms with E-state index in [-0.39, 0.29) is 18.5 Å². The number of hydrogen-bond acceptors (Lipinski definition) is 4. The number of carbonyl (C=O) groups is 1. The van der Waals surface area contributed by atoms with E-state index in [1.165, 1.54) is 0 Å². The molecular weight excluding hydrogens is 316 g/mol. The molecule has 1 N–H and O–H groups in total. The van der Waals surface area contributed by atoms with Gasteiger partial charge in [-0.15, -0.1) is 0 Å². The van der Waals surface area contributed by atoms with Gasteiger partial charge < -0.3 is 4.90 Å². The van der Waals surface area contributed by atoms with Crippen LogP contribution in [0.1, 0.15) is 37.4 Å². The number of aromatic nitrogens is 2. The molecule has 1 amide bonds. The number of allylic oxidation sites excluding steroid dienone is 1. The SMILES string of the molecule is CS(=O)(=O)NC[C@@H]1CN(C(=O)C2=CCCCC2)Cc2ccnn21. The first-order chi connectivity index (χ1) is 10.9. The molecule has 1 aromatic heterocycles. The van der Waals surface area contributed by atoms with E-state index in [2.05, 4.69) is 9.82 Å². The predicted molar refractivity (Wildman–Crippen MR) is 86.1 cm³/mol. The molecule has 8 heteroatoms. The Bertz CT molecular complexity index is 723. The molecule has 23 heavy (non-hydrogen) atoms. The number of sulfonamides is 1. The van der Waals surface area contributed by atoms with Crippen LogP contribution in [-0.4, -0.2) is 48.4 Å². The molecule has 1 aromatic rings. The largest absolute Gasteiger partial charge is 0.331 e. The van der Waals surface area contributed by atoms with Crippen molar-refractivity contribution in [3.63, 3.8) is 0 Å². The zero-order chi connectivity index (χ0) is 16.4. The fraction of sp³-hybridized carbons (Fsp3) is 0.600. The second-order valence-corrected chi connectivity index (χ2v) is 8.04. The molecule has 0 radical (unpaired) electrons. The highest BCUT2D eigenvalue weighted by molar-refractivity contribution is 7.88. The van der Waals surface area contributed by atoms with Crippen molar-refractivity contribution >= 4 is 15.9 Å². The lowest BCUT2D eigenvalue weighted by Crippen LogP contribution is -2.45. The van der Waals surface area contributed by atoms with Gasteiger partial charge in [0.2, 0.25) is 15.9 Å². The number of amides is 1. The Morgan fingerprint density at radius 2 is 2.26 bits per heavy atom. The van der Waals surface area contributed by atoms with E-state index in [0.717, 1.165) is 43.2 Å². The van der Waals surface area contributed by atoms with E-state index >= 15 is 0 Å². The van der Waals surface area contributed by atoms with E-state index in [0.29, 0.717) is 13.1 Å². The van der Waals surface area contributed by atoms with Crippen molar-refractivity contribution in [2.75, 3.05) is 19.3 Å². The van der Waals surface area contributed by atoms with Crippen molar-refractivity contribution < 1.29 is 13.2 Å². The van der Waals surface area contributed by atoms with Crippen LogP contribution in [-0.2, 0) is 21.4 Å². The van der Waals surface area contributed by atoms with E-state index in [9.17, 15) is 13.2 Å². The third-order valence-electron chi connectivity index (χ3n) is 4.32. The zero-order valence-corrected chi connectivity index (χ0v) is 14.1. The number of nitrogens with zero attached hydrogens (tertiary/aromatic N) is 3. The Morgan fingerprint density at radius 1 is 1.43 bits per heavy atom. The van der Waals surface area contributed by atoms with Gasteiger partial charge in [-0.3, -0.25) is 9.48 Å². The molecule has 0 saturated carbocycles. The molecule has 1 aliphatic heterocycles. The Kier molecular flexibility index (Phi) is 4.54. The summed E-state index contributed by atoms with van der Waals surface area (Å²) in [5.74, 6) is 0.0708. The lowest BCUT2D eigenvalue weighted by atomic mass is 9.98. The number of hydrogen-bond donors (Lipinski definition) is 1. The molecule has 126 valence electrons. The molecule has 1 aliphatic carbocycles. The third-order valence-corrected chi connectivity index (χ3v) is 5.01. The maximum absolute atomic E-state index is 12.7. The molecule has 0 unspecified atom stereocenters. The topological polar surface area (TPSA) is 84.3 Å². The molecule has 2 heterocycles. The summed E-state index contributed by atoms with van der Waals surface area (Å²) in [4.78, 5) is 14.5. The van der Waals surface area contributed by atoms with Gasteiger partial charge in [-0.1, -0.05) is 6.08 Å². The fourth-order valence-corrected chi connectivity index (χ4v) is 3.67. The van der Waals surface area contributed by atoms with Crippen LogP contribution in [0, 0.1) is 0 Å². The van der Waals surface area contributed by atoms with Crippen molar-refractivity contribution in [2.45, 2.75) is 38.3 Å². The molecule has 7 nitrogen and oxygen atoms in total.